The fourth-order valence-electron chi connectivity index (χ4n) is 2.78. The van der Waals surface area contributed by atoms with Crippen molar-refractivity contribution in [3.8, 4) is 0 Å². The molecule has 1 atom stereocenters. The number of nitrogens with one attached hydrogen (secondary N) is 1. The third kappa shape index (κ3) is 3.44. The van der Waals surface area contributed by atoms with Crippen molar-refractivity contribution >= 4 is 0 Å². The van der Waals surface area contributed by atoms with Gasteiger partial charge >= 0.3 is 0 Å². The predicted octanol–water partition coefficient (Wildman–Crippen LogP) is 4.06. The molecular weight excluding hydrogens is 258 g/mol. The van der Waals surface area contributed by atoms with Crippen LogP contribution in [-0.4, -0.2) is 0 Å². The molecule has 1 aromatic carbocycles. The highest BCUT2D eigenvalue weighted by Gasteiger charge is 2.20. The predicted molar refractivity (Wildman–Crippen MR) is 76.9 cm³/mol. The summed E-state index contributed by atoms with van der Waals surface area (Å²) in [5.41, 5.74) is 4.67. The first-order valence-electron chi connectivity index (χ1n) is 7.24. The highest BCUT2D eigenvalue weighted by Crippen LogP contribution is 2.30. The van der Waals surface area contributed by atoms with Gasteiger partial charge < -0.3 is 0 Å². The fraction of sp³-hybridized carbons (Fsp3) is 0.500. The monoisotopic (exact) mass is 280 g/mol. The number of allylic oxidation sites excluding steroid dienone is 1. The average Bonchev–Trinajstić information content (AvgIpc) is 2.38. The molecule has 2 nitrogen and oxygen atoms in total. The van der Waals surface area contributed by atoms with Crippen LogP contribution in [0.5, 0.6) is 0 Å². The Kier molecular flexibility index (Phi) is 5.26. The Labute approximate surface area is 119 Å². The minimum Gasteiger partial charge on any atom is -0.271 e. The number of benzene rings is 1. The quantitative estimate of drug-likeness (QED) is 0.498. The Morgan fingerprint density at radius 3 is 2.60 bits per heavy atom. The van der Waals surface area contributed by atoms with Gasteiger partial charge in [0.15, 0.2) is 0 Å². The lowest BCUT2D eigenvalue weighted by atomic mass is 9.90. The van der Waals surface area contributed by atoms with Crippen LogP contribution in [0.4, 0.5) is 8.78 Å². The molecule has 0 fully saturated rings. The highest BCUT2D eigenvalue weighted by molar-refractivity contribution is 5.33. The van der Waals surface area contributed by atoms with Crippen molar-refractivity contribution in [2.75, 3.05) is 0 Å². The number of halogens is 2. The average molecular weight is 280 g/mol. The van der Waals surface area contributed by atoms with Crippen molar-refractivity contribution in [2.45, 2.75) is 51.5 Å². The van der Waals surface area contributed by atoms with E-state index in [4.69, 9.17) is 5.84 Å². The summed E-state index contributed by atoms with van der Waals surface area (Å²) < 4.78 is 27.4. The molecule has 1 aromatic rings. The number of hydrogen-bond acceptors (Lipinski definition) is 2. The lowest BCUT2D eigenvalue weighted by Crippen LogP contribution is -2.30. The summed E-state index contributed by atoms with van der Waals surface area (Å²) in [6.07, 6.45) is 8.74. The number of aryl methyl sites for hydroxylation is 1. The molecule has 0 heterocycles. The molecule has 1 aliphatic rings. The van der Waals surface area contributed by atoms with Crippen molar-refractivity contribution in [3.05, 3.63) is 46.5 Å². The molecule has 2 rings (SSSR count). The van der Waals surface area contributed by atoms with E-state index in [1.54, 1.807) is 13.0 Å². The van der Waals surface area contributed by atoms with Crippen LogP contribution in [0.15, 0.2) is 23.8 Å². The van der Waals surface area contributed by atoms with E-state index in [2.05, 4.69) is 11.5 Å². The standard InChI is InChI=1S/C16H22F2N2/c1-11-9-13(15(18)10-14(11)17)16(20-19)12-7-5-3-2-4-6-8-12/h7,9-10,16,20H,2-6,8,19H2,1H3/b12-7+. The van der Waals surface area contributed by atoms with E-state index >= 15 is 0 Å². The van der Waals surface area contributed by atoms with Crippen LogP contribution < -0.4 is 11.3 Å². The lowest BCUT2D eigenvalue weighted by Gasteiger charge is -2.23. The number of nitrogens with two attached hydrogens (primary N) is 1. The van der Waals surface area contributed by atoms with Crippen molar-refractivity contribution in [3.63, 3.8) is 0 Å². The lowest BCUT2D eigenvalue weighted by molar-refractivity contribution is 0.515. The van der Waals surface area contributed by atoms with E-state index in [0.29, 0.717) is 11.1 Å². The molecule has 0 spiro atoms. The normalized spacial score (nSPS) is 20.7. The van der Waals surface area contributed by atoms with Crippen LogP contribution in [-0.2, 0) is 0 Å². The molecule has 0 saturated carbocycles. The maximum Gasteiger partial charge on any atom is 0.131 e. The second kappa shape index (κ2) is 6.95. The van der Waals surface area contributed by atoms with E-state index in [9.17, 15) is 8.78 Å². The Morgan fingerprint density at radius 2 is 1.85 bits per heavy atom. The molecule has 20 heavy (non-hydrogen) atoms. The fourth-order valence-corrected chi connectivity index (χ4v) is 2.78. The van der Waals surface area contributed by atoms with Gasteiger partial charge in [0.2, 0.25) is 0 Å². The van der Waals surface area contributed by atoms with Gasteiger partial charge in [-0.05, 0) is 44.2 Å². The van der Waals surface area contributed by atoms with Gasteiger partial charge in [0.25, 0.3) is 0 Å². The molecule has 1 unspecified atom stereocenters. The second-order valence-corrected chi connectivity index (χ2v) is 5.45. The third-order valence-corrected chi connectivity index (χ3v) is 3.95. The molecule has 0 aromatic heterocycles. The molecule has 0 amide bonds. The molecule has 1 aliphatic carbocycles. The van der Waals surface area contributed by atoms with E-state index < -0.39 is 11.6 Å². The van der Waals surface area contributed by atoms with Gasteiger partial charge in [-0.3, -0.25) is 5.84 Å². The molecule has 0 saturated heterocycles. The van der Waals surface area contributed by atoms with Gasteiger partial charge in [-0.2, -0.15) is 0 Å². The number of hydrazine groups is 1. The van der Waals surface area contributed by atoms with Gasteiger partial charge in [-0.15, -0.1) is 0 Å². The molecule has 0 aliphatic heterocycles. The Balaban J connectivity index is 2.33. The molecule has 0 bridgehead atoms. The van der Waals surface area contributed by atoms with Gasteiger partial charge in [-0.25, -0.2) is 14.2 Å². The van der Waals surface area contributed by atoms with Crippen molar-refractivity contribution < 1.29 is 8.78 Å². The largest absolute Gasteiger partial charge is 0.271 e. The summed E-state index contributed by atoms with van der Waals surface area (Å²) in [6.45, 7) is 1.64. The first-order chi connectivity index (χ1) is 9.63. The van der Waals surface area contributed by atoms with E-state index in [1.165, 1.54) is 12.8 Å². The van der Waals surface area contributed by atoms with Crippen LogP contribution in [0.1, 0.15) is 55.7 Å². The second-order valence-electron chi connectivity index (χ2n) is 5.45. The summed E-state index contributed by atoms with van der Waals surface area (Å²) in [4.78, 5) is 0. The summed E-state index contributed by atoms with van der Waals surface area (Å²) in [6, 6.07) is 2.13. The smallest absolute Gasteiger partial charge is 0.131 e. The van der Waals surface area contributed by atoms with E-state index in [1.807, 2.05) is 0 Å². The van der Waals surface area contributed by atoms with Crippen LogP contribution in [0.3, 0.4) is 0 Å². The first kappa shape index (κ1) is 15.1. The topological polar surface area (TPSA) is 38.0 Å². The third-order valence-electron chi connectivity index (χ3n) is 3.95. The molecule has 4 heteroatoms. The van der Waals surface area contributed by atoms with E-state index in [0.717, 1.165) is 37.3 Å². The van der Waals surface area contributed by atoms with Crippen LogP contribution in [0, 0.1) is 18.6 Å². The SMILES string of the molecule is Cc1cc(C(NN)/C2=C/CCCCCC2)c(F)cc1F. The van der Waals surface area contributed by atoms with Gasteiger partial charge in [0, 0.05) is 11.6 Å². The van der Waals surface area contributed by atoms with E-state index in [-0.39, 0.29) is 6.04 Å². The zero-order valence-corrected chi connectivity index (χ0v) is 11.9. The van der Waals surface area contributed by atoms with Gasteiger partial charge in [-0.1, -0.05) is 24.5 Å². The first-order valence-corrected chi connectivity index (χ1v) is 7.24. The zero-order valence-electron chi connectivity index (χ0n) is 11.9. The molecule has 3 N–H and O–H groups in total. The van der Waals surface area contributed by atoms with Crippen LogP contribution in [0.2, 0.25) is 0 Å². The van der Waals surface area contributed by atoms with Crippen molar-refractivity contribution in [1.82, 2.24) is 5.43 Å². The number of rotatable bonds is 3. The van der Waals surface area contributed by atoms with Crippen LogP contribution >= 0.6 is 0 Å². The Morgan fingerprint density at radius 1 is 1.10 bits per heavy atom. The maximum atomic E-state index is 14.0. The van der Waals surface area contributed by atoms with Crippen LogP contribution in [0.25, 0.3) is 0 Å². The van der Waals surface area contributed by atoms with Crippen molar-refractivity contribution in [1.29, 1.82) is 0 Å². The minimum absolute atomic E-state index is 0.368. The zero-order chi connectivity index (χ0) is 14.5. The van der Waals surface area contributed by atoms with Gasteiger partial charge in [0.05, 0.1) is 6.04 Å². The minimum atomic E-state index is -0.543. The summed E-state index contributed by atoms with van der Waals surface area (Å²) in [5.74, 6) is 4.57. The summed E-state index contributed by atoms with van der Waals surface area (Å²) in [7, 11) is 0. The molecule has 110 valence electrons. The Bertz CT molecular complexity index is 497. The number of hydrogen-bond donors (Lipinski definition) is 2. The van der Waals surface area contributed by atoms with Crippen molar-refractivity contribution in [2.24, 2.45) is 5.84 Å². The highest BCUT2D eigenvalue weighted by atomic mass is 19.1. The summed E-state index contributed by atoms with van der Waals surface area (Å²) in [5, 5.41) is 0. The summed E-state index contributed by atoms with van der Waals surface area (Å²) >= 11 is 0. The molecular formula is C16H22F2N2. The maximum absolute atomic E-state index is 14.0. The Hall–Kier alpha value is -1.26. The van der Waals surface area contributed by atoms with Gasteiger partial charge in [0.1, 0.15) is 11.6 Å². The molecule has 0 radical (unpaired) electrons.